The largest absolute Gasteiger partial charge is 0.369 e. The lowest BCUT2D eigenvalue weighted by Gasteiger charge is -2.18. The van der Waals surface area contributed by atoms with Crippen LogP contribution in [0, 0.1) is 0 Å². The van der Waals surface area contributed by atoms with Gasteiger partial charge in [-0.1, -0.05) is 13.8 Å². The van der Waals surface area contributed by atoms with Crippen LogP contribution in [-0.4, -0.2) is 22.3 Å². The van der Waals surface area contributed by atoms with Crippen LogP contribution in [0.4, 0.5) is 5.82 Å². The van der Waals surface area contributed by atoms with Crippen molar-refractivity contribution in [1.82, 2.24) is 10.2 Å². The Morgan fingerprint density at radius 2 is 2.00 bits per heavy atom. The Bertz CT molecular complexity index is 311. The van der Waals surface area contributed by atoms with Crippen molar-refractivity contribution in [3.63, 3.8) is 0 Å². The molecule has 0 spiro atoms. The van der Waals surface area contributed by atoms with E-state index in [0.717, 1.165) is 24.5 Å². The fourth-order valence-electron chi connectivity index (χ4n) is 1.26. The number of hydrogen-bond donors (Lipinski definition) is 2. The number of nitrogens with one attached hydrogen (secondary N) is 1. The van der Waals surface area contributed by atoms with Crippen molar-refractivity contribution < 1.29 is 0 Å². The summed E-state index contributed by atoms with van der Waals surface area (Å²) in [6.07, 6.45) is 0.903. The SMILES string of the molecule is CC(C)c1ccc(NCCC(C)(C)N)nn1. The molecule has 1 aromatic heterocycles. The Balaban J connectivity index is 2.44. The highest BCUT2D eigenvalue weighted by Gasteiger charge is 2.09. The maximum absolute atomic E-state index is 5.89. The van der Waals surface area contributed by atoms with Gasteiger partial charge in [0.15, 0.2) is 0 Å². The highest BCUT2D eigenvalue weighted by Crippen LogP contribution is 2.12. The van der Waals surface area contributed by atoms with E-state index in [1.54, 1.807) is 0 Å². The van der Waals surface area contributed by atoms with E-state index in [-0.39, 0.29) is 5.54 Å². The molecule has 0 radical (unpaired) electrons. The Labute approximate surface area is 97.6 Å². The van der Waals surface area contributed by atoms with Crippen molar-refractivity contribution >= 4 is 5.82 Å². The third-order valence-corrected chi connectivity index (χ3v) is 2.35. The molecule has 0 atom stereocenters. The molecule has 0 aromatic carbocycles. The zero-order chi connectivity index (χ0) is 12.2. The van der Waals surface area contributed by atoms with Crippen molar-refractivity contribution in [1.29, 1.82) is 0 Å². The van der Waals surface area contributed by atoms with Gasteiger partial charge < -0.3 is 11.1 Å². The molecule has 3 N–H and O–H groups in total. The molecule has 0 fully saturated rings. The van der Waals surface area contributed by atoms with Gasteiger partial charge in [0.1, 0.15) is 5.82 Å². The van der Waals surface area contributed by atoms with Gasteiger partial charge in [-0.15, -0.1) is 5.10 Å². The summed E-state index contributed by atoms with van der Waals surface area (Å²) in [4.78, 5) is 0. The minimum Gasteiger partial charge on any atom is -0.369 e. The molecule has 4 nitrogen and oxygen atoms in total. The summed E-state index contributed by atoms with van der Waals surface area (Å²) in [5.74, 6) is 1.23. The first-order valence-electron chi connectivity index (χ1n) is 5.75. The Hall–Kier alpha value is -1.16. The first kappa shape index (κ1) is 12.9. The summed E-state index contributed by atoms with van der Waals surface area (Å²) < 4.78 is 0. The summed E-state index contributed by atoms with van der Waals surface area (Å²) in [6, 6.07) is 3.97. The quantitative estimate of drug-likeness (QED) is 0.801. The summed E-state index contributed by atoms with van der Waals surface area (Å²) in [7, 11) is 0. The lowest BCUT2D eigenvalue weighted by Crippen LogP contribution is -2.34. The molecule has 0 aliphatic heterocycles. The van der Waals surface area contributed by atoms with Crippen molar-refractivity contribution in [3.05, 3.63) is 17.8 Å². The molecule has 0 aliphatic carbocycles. The summed E-state index contributed by atoms with van der Waals surface area (Å²) in [5.41, 5.74) is 6.77. The Kier molecular flexibility index (Phi) is 4.24. The zero-order valence-electron chi connectivity index (χ0n) is 10.6. The van der Waals surface area contributed by atoms with Crippen molar-refractivity contribution in [3.8, 4) is 0 Å². The fraction of sp³-hybridized carbons (Fsp3) is 0.667. The van der Waals surface area contributed by atoms with Gasteiger partial charge in [0.2, 0.25) is 0 Å². The van der Waals surface area contributed by atoms with E-state index < -0.39 is 0 Å². The molecule has 0 saturated heterocycles. The summed E-state index contributed by atoms with van der Waals surface area (Å²) in [6.45, 7) is 9.06. The molecule has 4 heteroatoms. The van der Waals surface area contributed by atoms with Crippen LogP contribution in [0.5, 0.6) is 0 Å². The average Bonchev–Trinajstić information content (AvgIpc) is 2.16. The van der Waals surface area contributed by atoms with Gasteiger partial charge >= 0.3 is 0 Å². The number of hydrogen-bond acceptors (Lipinski definition) is 4. The average molecular weight is 222 g/mol. The van der Waals surface area contributed by atoms with Crippen LogP contribution in [0.1, 0.15) is 45.7 Å². The molecule has 0 bridgehead atoms. The van der Waals surface area contributed by atoms with Gasteiger partial charge in [-0.25, -0.2) is 0 Å². The summed E-state index contributed by atoms with van der Waals surface area (Å²) >= 11 is 0. The molecule has 90 valence electrons. The van der Waals surface area contributed by atoms with Crippen LogP contribution in [-0.2, 0) is 0 Å². The topological polar surface area (TPSA) is 63.8 Å². The second kappa shape index (κ2) is 5.25. The van der Waals surface area contributed by atoms with Crippen LogP contribution in [0.25, 0.3) is 0 Å². The first-order chi connectivity index (χ1) is 7.38. The van der Waals surface area contributed by atoms with Crippen LogP contribution in [0.15, 0.2) is 12.1 Å². The monoisotopic (exact) mass is 222 g/mol. The van der Waals surface area contributed by atoms with Crippen LogP contribution < -0.4 is 11.1 Å². The number of nitrogens with two attached hydrogens (primary N) is 1. The number of aromatic nitrogens is 2. The minimum absolute atomic E-state index is 0.141. The molecular weight excluding hydrogens is 200 g/mol. The standard InChI is InChI=1S/C12H22N4/c1-9(2)10-5-6-11(16-15-10)14-8-7-12(3,4)13/h5-6,9H,7-8,13H2,1-4H3,(H,14,16). The van der Waals surface area contributed by atoms with Gasteiger partial charge in [-0.3, -0.25) is 0 Å². The summed E-state index contributed by atoms with van der Waals surface area (Å²) in [5, 5.41) is 11.5. The van der Waals surface area contributed by atoms with E-state index >= 15 is 0 Å². The van der Waals surface area contributed by atoms with Gasteiger partial charge in [0, 0.05) is 12.1 Å². The van der Waals surface area contributed by atoms with E-state index in [2.05, 4.69) is 29.4 Å². The van der Waals surface area contributed by atoms with Crippen molar-refractivity contribution in [2.24, 2.45) is 5.73 Å². The molecule has 1 rings (SSSR count). The molecule has 16 heavy (non-hydrogen) atoms. The fourth-order valence-corrected chi connectivity index (χ4v) is 1.26. The predicted molar refractivity (Wildman–Crippen MR) is 67.5 cm³/mol. The smallest absolute Gasteiger partial charge is 0.148 e. The lowest BCUT2D eigenvalue weighted by molar-refractivity contribution is 0.490. The van der Waals surface area contributed by atoms with Gasteiger partial charge in [0.25, 0.3) is 0 Å². The van der Waals surface area contributed by atoms with E-state index in [1.165, 1.54) is 0 Å². The van der Waals surface area contributed by atoms with Crippen molar-refractivity contribution in [2.75, 3.05) is 11.9 Å². The normalized spacial score (nSPS) is 11.9. The zero-order valence-corrected chi connectivity index (χ0v) is 10.6. The third-order valence-electron chi connectivity index (χ3n) is 2.35. The van der Waals surface area contributed by atoms with E-state index in [9.17, 15) is 0 Å². The molecular formula is C12H22N4. The number of anilines is 1. The number of rotatable bonds is 5. The number of nitrogens with zero attached hydrogens (tertiary/aromatic N) is 2. The molecule has 1 aromatic rings. The highest BCUT2D eigenvalue weighted by molar-refractivity contribution is 5.33. The van der Waals surface area contributed by atoms with Crippen LogP contribution in [0.3, 0.4) is 0 Å². The van der Waals surface area contributed by atoms with E-state index in [4.69, 9.17) is 5.73 Å². The molecule has 1 heterocycles. The molecule has 0 saturated carbocycles. The first-order valence-corrected chi connectivity index (χ1v) is 5.75. The van der Waals surface area contributed by atoms with Gasteiger partial charge in [0.05, 0.1) is 5.69 Å². The second-order valence-corrected chi connectivity index (χ2v) is 5.16. The maximum Gasteiger partial charge on any atom is 0.148 e. The predicted octanol–water partition coefficient (Wildman–Crippen LogP) is 2.14. The minimum atomic E-state index is -0.141. The molecule has 0 amide bonds. The van der Waals surface area contributed by atoms with Gasteiger partial charge in [-0.05, 0) is 38.3 Å². The Morgan fingerprint density at radius 1 is 1.31 bits per heavy atom. The van der Waals surface area contributed by atoms with Crippen LogP contribution in [0.2, 0.25) is 0 Å². The lowest BCUT2D eigenvalue weighted by atomic mass is 10.0. The second-order valence-electron chi connectivity index (χ2n) is 5.16. The Morgan fingerprint density at radius 3 is 2.44 bits per heavy atom. The van der Waals surface area contributed by atoms with Crippen molar-refractivity contribution in [2.45, 2.75) is 45.6 Å². The maximum atomic E-state index is 5.89. The third kappa shape index (κ3) is 4.57. The van der Waals surface area contributed by atoms with E-state index in [1.807, 2.05) is 26.0 Å². The molecule has 0 unspecified atom stereocenters. The van der Waals surface area contributed by atoms with Crippen LogP contribution >= 0.6 is 0 Å². The van der Waals surface area contributed by atoms with Gasteiger partial charge in [-0.2, -0.15) is 5.10 Å². The highest BCUT2D eigenvalue weighted by atomic mass is 15.2. The molecule has 0 aliphatic rings. The van der Waals surface area contributed by atoms with E-state index in [0.29, 0.717) is 5.92 Å².